The van der Waals surface area contributed by atoms with Crippen LogP contribution in [0.25, 0.3) is 10.4 Å². The van der Waals surface area contributed by atoms with Crippen molar-refractivity contribution in [2.24, 2.45) is 5.11 Å². The van der Waals surface area contributed by atoms with E-state index >= 15 is 0 Å². The molecule has 2 rings (SSSR count). The highest BCUT2D eigenvalue weighted by atomic mass is 79.9. The maximum Gasteiger partial charge on any atom is 0.303 e. The lowest BCUT2D eigenvalue weighted by molar-refractivity contribution is -0.201. The van der Waals surface area contributed by atoms with Gasteiger partial charge >= 0.3 is 17.9 Å². The molecule has 1 heterocycles. The van der Waals surface area contributed by atoms with E-state index in [1.807, 2.05) is 6.07 Å². The summed E-state index contributed by atoms with van der Waals surface area (Å²) in [4.78, 5) is 38.2. The Kier molecular flexibility index (Phi) is 9.34. The molecule has 11 nitrogen and oxygen atoms in total. The second-order valence-corrected chi connectivity index (χ2v) is 8.59. The molecule has 32 heavy (non-hydrogen) atoms. The monoisotopic (exact) mass is 526 g/mol. The summed E-state index contributed by atoms with van der Waals surface area (Å²) < 4.78 is 22.3. The summed E-state index contributed by atoms with van der Waals surface area (Å²) >= 11 is 4.44. The number of halogens is 1. The molecule has 0 bridgehead atoms. The predicted octanol–water partition coefficient (Wildman–Crippen LogP) is 3.24. The van der Waals surface area contributed by atoms with Crippen LogP contribution in [0.1, 0.15) is 26.3 Å². The fourth-order valence-corrected chi connectivity index (χ4v) is 4.73. The Balaban J connectivity index is 2.46. The zero-order valence-electron chi connectivity index (χ0n) is 17.3. The Hall–Kier alpha value is -2.78. The summed E-state index contributed by atoms with van der Waals surface area (Å²) in [5.74, 6) is -1.94. The van der Waals surface area contributed by atoms with E-state index in [1.165, 1.54) is 13.8 Å². The number of nitrogens with zero attached hydrogens (tertiary/aromatic N) is 4. The molecule has 0 aliphatic carbocycles. The van der Waals surface area contributed by atoms with E-state index < -0.39 is 47.7 Å². The van der Waals surface area contributed by atoms with Crippen LogP contribution in [0.5, 0.6) is 0 Å². The predicted molar refractivity (Wildman–Crippen MR) is 114 cm³/mol. The fraction of sp³-hybridized carbons (Fsp3) is 0.474. The number of carbonyl (C=O) groups excluding carboxylic acids is 3. The van der Waals surface area contributed by atoms with Crippen molar-refractivity contribution in [2.75, 3.05) is 6.61 Å². The van der Waals surface area contributed by atoms with E-state index in [-0.39, 0.29) is 6.61 Å². The average Bonchev–Trinajstić information content (AvgIpc) is 2.70. The maximum absolute atomic E-state index is 11.8. The van der Waals surface area contributed by atoms with Crippen molar-refractivity contribution in [1.82, 2.24) is 0 Å². The van der Waals surface area contributed by atoms with E-state index in [0.29, 0.717) is 14.9 Å². The van der Waals surface area contributed by atoms with Gasteiger partial charge < -0.3 is 18.9 Å². The molecule has 1 fully saturated rings. The zero-order chi connectivity index (χ0) is 23.8. The van der Waals surface area contributed by atoms with Gasteiger partial charge in [0.05, 0.1) is 5.56 Å². The third-order valence-corrected chi connectivity index (χ3v) is 5.96. The molecule has 0 N–H and O–H groups in total. The third-order valence-electron chi connectivity index (χ3n) is 4.17. The van der Waals surface area contributed by atoms with Gasteiger partial charge in [0, 0.05) is 35.1 Å². The van der Waals surface area contributed by atoms with Crippen molar-refractivity contribution in [2.45, 2.75) is 55.5 Å². The van der Waals surface area contributed by atoms with Crippen molar-refractivity contribution < 1.29 is 33.3 Å². The minimum Gasteiger partial charge on any atom is -0.463 e. The second kappa shape index (κ2) is 11.7. The van der Waals surface area contributed by atoms with Crippen molar-refractivity contribution in [1.29, 1.82) is 5.26 Å². The van der Waals surface area contributed by atoms with Crippen LogP contribution in [0.2, 0.25) is 0 Å². The lowest BCUT2D eigenvalue weighted by Crippen LogP contribution is -2.59. The van der Waals surface area contributed by atoms with Crippen molar-refractivity contribution in [3.63, 3.8) is 0 Å². The van der Waals surface area contributed by atoms with Gasteiger partial charge in [0.25, 0.3) is 0 Å². The molecule has 1 saturated heterocycles. The van der Waals surface area contributed by atoms with Gasteiger partial charge in [0.15, 0.2) is 0 Å². The Morgan fingerprint density at radius 3 is 2.41 bits per heavy atom. The number of thioether (sulfide) groups is 1. The van der Waals surface area contributed by atoms with E-state index in [2.05, 4.69) is 26.0 Å². The molecule has 1 aliphatic rings. The number of rotatable bonds is 7. The van der Waals surface area contributed by atoms with E-state index in [4.69, 9.17) is 29.7 Å². The molecule has 0 amide bonds. The largest absolute Gasteiger partial charge is 0.463 e. The number of hydrogen-bond acceptors (Lipinski definition) is 10. The van der Waals surface area contributed by atoms with Gasteiger partial charge in [-0.15, -0.1) is 0 Å². The number of azide groups is 1. The van der Waals surface area contributed by atoms with E-state index in [0.717, 1.165) is 18.7 Å². The Bertz CT molecular complexity index is 979. The smallest absolute Gasteiger partial charge is 0.303 e. The molecular formula is C19H19BrN4O7S. The summed E-state index contributed by atoms with van der Waals surface area (Å²) in [6, 6.07) is 5.83. The first-order valence-electron chi connectivity index (χ1n) is 9.20. The molecule has 1 aromatic carbocycles. The van der Waals surface area contributed by atoms with Gasteiger partial charge in [-0.3, -0.25) is 14.4 Å². The summed E-state index contributed by atoms with van der Waals surface area (Å²) in [6.07, 6.45) is -3.29. The minimum atomic E-state index is -1.17. The van der Waals surface area contributed by atoms with Crippen LogP contribution in [0.4, 0.5) is 0 Å². The molecule has 0 saturated carbocycles. The van der Waals surface area contributed by atoms with Gasteiger partial charge in [0.2, 0.25) is 0 Å². The van der Waals surface area contributed by atoms with Crippen LogP contribution in [0.15, 0.2) is 32.7 Å². The lowest BCUT2D eigenvalue weighted by atomic mass is 9.97. The molecule has 0 spiro atoms. The van der Waals surface area contributed by atoms with E-state index in [1.54, 1.807) is 18.2 Å². The van der Waals surface area contributed by atoms with Gasteiger partial charge in [-0.05, 0) is 39.7 Å². The molecule has 1 aromatic rings. The molecule has 0 radical (unpaired) electrons. The number of esters is 3. The van der Waals surface area contributed by atoms with Crippen LogP contribution < -0.4 is 0 Å². The van der Waals surface area contributed by atoms with Gasteiger partial charge in [0.1, 0.15) is 42.5 Å². The summed E-state index contributed by atoms with van der Waals surface area (Å²) in [5, 5.41) is 12.8. The highest BCUT2D eigenvalue weighted by Crippen LogP contribution is 2.38. The van der Waals surface area contributed by atoms with Crippen molar-refractivity contribution >= 4 is 45.6 Å². The molecule has 0 aromatic heterocycles. The summed E-state index contributed by atoms with van der Waals surface area (Å²) in [5.41, 5.74) is 8.61. The quantitative estimate of drug-likeness (QED) is 0.170. The first-order valence-corrected chi connectivity index (χ1v) is 10.9. The molecular weight excluding hydrogens is 508 g/mol. The normalized spacial score (nSPS) is 24.4. The molecule has 5 atom stereocenters. The molecule has 13 heteroatoms. The zero-order valence-corrected chi connectivity index (χ0v) is 19.7. The van der Waals surface area contributed by atoms with Gasteiger partial charge in [-0.2, -0.15) is 5.26 Å². The number of carbonyl (C=O) groups is 3. The topological polar surface area (TPSA) is 161 Å². The Labute approximate surface area is 196 Å². The first kappa shape index (κ1) is 25.5. The number of ether oxygens (including phenoxy) is 4. The highest BCUT2D eigenvalue weighted by Gasteiger charge is 2.50. The van der Waals surface area contributed by atoms with E-state index in [9.17, 15) is 14.4 Å². The second-order valence-electron chi connectivity index (χ2n) is 6.56. The maximum atomic E-state index is 11.8. The molecule has 170 valence electrons. The minimum absolute atomic E-state index is 0.286. The third kappa shape index (κ3) is 6.86. The molecule has 1 aliphatic heterocycles. The van der Waals surface area contributed by atoms with Crippen LogP contribution in [-0.4, -0.2) is 54.3 Å². The summed E-state index contributed by atoms with van der Waals surface area (Å²) in [6.45, 7) is 3.26. The summed E-state index contributed by atoms with van der Waals surface area (Å²) in [7, 11) is 0. The molecule has 0 unspecified atom stereocenters. The first-order chi connectivity index (χ1) is 15.2. The number of hydrogen-bond donors (Lipinski definition) is 0. The SMILES string of the molecule is CC(=O)OC[C@H]1O[C@H](Sc2ccc(C#N)c(Br)c2)[C@H](OC(C)=O)[C@@H](N=[N+]=[N-])[C@H]1OC(C)=O. The highest BCUT2D eigenvalue weighted by molar-refractivity contribution is 9.10. The standard InChI is InChI=1S/C19H19BrN4O7S/c1-9(25)28-8-15-17(29-10(2)26)16(23-24-22)18(30-11(3)27)19(31-15)32-13-5-4-12(7-21)14(20)6-13/h4-6,15-19H,8H2,1-3H3/t15-,16+,17+,18-,19-/m1/s1. The van der Waals surface area contributed by atoms with Crippen LogP contribution >= 0.6 is 27.7 Å². The van der Waals surface area contributed by atoms with Gasteiger partial charge in [-0.1, -0.05) is 16.9 Å². The van der Waals surface area contributed by atoms with Gasteiger partial charge in [-0.25, -0.2) is 0 Å². The fourth-order valence-electron chi connectivity index (χ4n) is 2.96. The Morgan fingerprint density at radius 1 is 1.22 bits per heavy atom. The number of benzene rings is 1. The van der Waals surface area contributed by atoms with Crippen LogP contribution in [0, 0.1) is 11.3 Å². The Morgan fingerprint density at radius 2 is 1.88 bits per heavy atom. The number of nitriles is 1. The average molecular weight is 527 g/mol. The van der Waals surface area contributed by atoms with Crippen molar-refractivity contribution in [3.05, 3.63) is 38.7 Å². The van der Waals surface area contributed by atoms with Crippen LogP contribution in [-0.2, 0) is 33.3 Å². The van der Waals surface area contributed by atoms with Crippen molar-refractivity contribution in [3.8, 4) is 6.07 Å². The van der Waals surface area contributed by atoms with Crippen LogP contribution in [0.3, 0.4) is 0 Å². The lowest BCUT2D eigenvalue weighted by Gasteiger charge is -2.43.